The zero-order valence-corrected chi connectivity index (χ0v) is 9.65. The van der Waals surface area contributed by atoms with Gasteiger partial charge in [0, 0.05) is 32.7 Å². The van der Waals surface area contributed by atoms with Crippen LogP contribution in [-0.4, -0.2) is 48.7 Å². The van der Waals surface area contributed by atoms with Crippen molar-refractivity contribution in [3.63, 3.8) is 0 Å². The molecule has 0 atom stereocenters. The number of rotatable bonds is 8. The molecule has 5 nitrogen and oxygen atoms in total. The van der Waals surface area contributed by atoms with Gasteiger partial charge in [0.1, 0.15) is 0 Å². The standard InChI is InChI=1S/C11H19NO4/c1-16-8-2-6-12(7-5-10(13)14)11(15)9-3-4-9/h9H,2-8H2,1H3,(H,13,14). The van der Waals surface area contributed by atoms with Gasteiger partial charge in [0.2, 0.25) is 5.91 Å². The monoisotopic (exact) mass is 229 g/mol. The van der Waals surface area contributed by atoms with Crippen LogP contribution >= 0.6 is 0 Å². The molecular formula is C11H19NO4. The lowest BCUT2D eigenvalue weighted by atomic mass is 10.3. The minimum atomic E-state index is -0.861. The number of hydrogen-bond acceptors (Lipinski definition) is 3. The van der Waals surface area contributed by atoms with Gasteiger partial charge in [0.15, 0.2) is 0 Å². The normalized spacial score (nSPS) is 14.8. The van der Waals surface area contributed by atoms with Crippen LogP contribution in [0.5, 0.6) is 0 Å². The maximum Gasteiger partial charge on any atom is 0.305 e. The van der Waals surface area contributed by atoms with E-state index >= 15 is 0 Å². The molecule has 0 heterocycles. The smallest absolute Gasteiger partial charge is 0.305 e. The van der Waals surface area contributed by atoms with Crippen LogP contribution in [0, 0.1) is 5.92 Å². The molecule has 0 aliphatic heterocycles. The summed E-state index contributed by atoms with van der Waals surface area (Å²) in [6.45, 7) is 1.51. The number of carboxylic acid groups (broad SMARTS) is 1. The van der Waals surface area contributed by atoms with Crippen molar-refractivity contribution in [2.75, 3.05) is 26.8 Å². The Morgan fingerprint density at radius 2 is 2.06 bits per heavy atom. The Morgan fingerprint density at radius 1 is 1.38 bits per heavy atom. The Balaban J connectivity index is 2.33. The van der Waals surface area contributed by atoms with Crippen molar-refractivity contribution >= 4 is 11.9 Å². The van der Waals surface area contributed by atoms with Crippen LogP contribution in [0.15, 0.2) is 0 Å². The van der Waals surface area contributed by atoms with Gasteiger partial charge < -0.3 is 14.7 Å². The second-order valence-electron chi connectivity index (χ2n) is 4.09. The quantitative estimate of drug-likeness (QED) is 0.623. The Labute approximate surface area is 95.4 Å². The molecule has 16 heavy (non-hydrogen) atoms. The SMILES string of the molecule is COCCCN(CCC(=O)O)C(=O)C1CC1. The summed E-state index contributed by atoms with van der Waals surface area (Å²) >= 11 is 0. The predicted molar refractivity (Wildman–Crippen MR) is 58.0 cm³/mol. The van der Waals surface area contributed by atoms with E-state index in [1.807, 2.05) is 0 Å². The molecule has 0 radical (unpaired) electrons. The van der Waals surface area contributed by atoms with E-state index in [-0.39, 0.29) is 18.2 Å². The van der Waals surface area contributed by atoms with Crippen LogP contribution in [0.25, 0.3) is 0 Å². The highest BCUT2D eigenvalue weighted by atomic mass is 16.5. The molecule has 1 aliphatic rings. The molecule has 1 N–H and O–H groups in total. The lowest BCUT2D eigenvalue weighted by molar-refractivity contribution is -0.138. The van der Waals surface area contributed by atoms with E-state index in [4.69, 9.17) is 9.84 Å². The molecule has 5 heteroatoms. The lowest BCUT2D eigenvalue weighted by Gasteiger charge is -2.21. The van der Waals surface area contributed by atoms with Crippen LogP contribution in [0.2, 0.25) is 0 Å². The van der Waals surface area contributed by atoms with Gasteiger partial charge in [-0.3, -0.25) is 9.59 Å². The van der Waals surface area contributed by atoms with Crippen molar-refractivity contribution in [3.8, 4) is 0 Å². The third kappa shape index (κ3) is 4.61. The van der Waals surface area contributed by atoms with Crippen LogP contribution in [0.1, 0.15) is 25.7 Å². The fourth-order valence-electron chi connectivity index (χ4n) is 1.55. The Kier molecular flexibility index (Phi) is 5.25. The van der Waals surface area contributed by atoms with Crippen molar-refractivity contribution in [1.82, 2.24) is 4.90 Å². The highest BCUT2D eigenvalue weighted by Gasteiger charge is 2.33. The molecule has 1 saturated carbocycles. The van der Waals surface area contributed by atoms with E-state index < -0.39 is 5.97 Å². The first-order valence-electron chi connectivity index (χ1n) is 5.64. The van der Waals surface area contributed by atoms with Crippen molar-refractivity contribution < 1.29 is 19.4 Å². The van der Waals surface area contributed by atoms with E-state index in [0.29, 0.717) is 19.7 Å². The van der Waals surface area contributed by atoms with Crippen molar-refractivity contribution in [2.45, 2.75) is 25.7 Å². The largest absolute Gasteiger partial charge is 0.481 e. The van der Waals surface area contributed by atoms with Crippen molar-refractivity contribution in [3.05, 3.63) is 0 Å². The van der Waals surface area contributed by atoms with Gasteiger partial charge in [-0.25, -0.2) is 0 Å². The molecule has 92 valence electrons. The highest BCUT2D eigenvalue weighted by Crippen LogP contribution is 2.31. The Morgan fingerprint density at radius 3 is 2.56 bits per heavy atom. The summed E-state index contributed by atoms with van der Waals surface area (Å²) in [7, 11) is 1.62. The third-order valence-corrected chi connectivity index (χ3v) is 2.61. The minimum absolute atomic E-state index is 0.0193. The maximum absolute atomic E-state index is 11.8. The fourth-order valence-corrected chi connectivity index (χ4v) is 1.55. The van der Waals surface area contributed by atoms with Gasteiger partial charge in [-0.05, 0) is 19.3 Å². The van der Waals surface area contributed by atoms with Gasteiger partial charge in [-0.1, -0.05) is 0 Å². The molecule has 0 saturated heterocycles. The second-order valence-corrected chi connectivity index (χ2v) is 4.09. The molecule has 1 aliphatic carbocycles. The molecule has 0 spiro atoms. The van der Waals surface area contributed by atoms with E-state index in [0.717, 1.165) is 19.3 Å². The summed E-state index contributed by atoms with van der Waals surface area (Å²) < 4.78 is 4.92. The lowest BCUT2D eigenvalue weighted by Crippen LogP contribution is -2.35. The van der Waals surface area contributed by atoms with E-state index in [1.165, 1.54) is 0 Å². The predicted octanol–water partition coefficient (Wildman–Crippen LogP) is 0.736. The summed E-state index contributed by atoms with van der Waals surface area (Å²) in [5.74, 6) is -0.603. The number of carboxylic acids is 1. The zero-order chi connectivity index (χ0) is 12.0. The van der Waals surface area contributed by atoms with Crippen LogP contribution < -0.4 is 0 Å². The van der Waals surface area contributed by atoms with Gasteiger partial charge in [-0.2, -0.15) is 0 Å². The van der Waals surface area contributed by atoms with Crippen LogP contribution in [-0.2, 0) is 14.3 Å². The third-order valence-electron chi connectivity index (χ3n) is 2.61. The second kappa shape index (κ2) is 6.48. The molecule has 0 unspecified atom stereocenters. The molecular weight excluding hydrogens is 210 g/mol. The topological polar surface area (TPSA) is 66.8 Å². The first kappa shape index (κ1) is 13.0. The first-order chi connectivity index (χ1) is 7.65. The molecule has 0 aromatic heterocycles. The van der Waals surface area contributed by atoms with Gasteiger partial charge >= 0.3 is 5.97 Å². The number of carbonyl (C=O) groups is 2. The number of nitrogens with zero attached hydrogens (tertiary/aromatic N) is 1. The summed E-state index contributed by atoms with van der Waals surface area (Å²) in [5, 5.41) is 8.61. The Bertz CT molecular complexity index is 250. The average Bonchev–Trinajstić information content (AvgIpc) is 3.05. The molecule has 1 rings (SSSR count). The molecule has 0 bridgehead atoms. The number of ether oxygens (including phenoxy) is 1. The summed E-state index contributed by atoms with van der Waals surface area (Å²) in [6.07, 6.45) is 2.68. The van der Waals surface area contributed by atoms with Gasteiger partial charge in [0.25, 0.3) is 0 Å². The molecule has 1 fully saturated rings. The number of carbonyl (C=O) groups excluding carboxylic acids is 1. The molecule has 0 aromatic rings. The van der Waals surface area contributed by atoms with E-state index in [2.05, 4.69) is 0 Å². The fraction of sp³-hybridized carbons (Fsp3) is 0.818. The maximum atomic E-state index is 11.8. The van der Waals surface area contributed by atoms with Crippen LogP contribution in [0.3, 0.4) is 0 Å². The van der Waals surface area contributed by atoms with Gasteiger partial charge in [0.05, 0.1) is 6.42 Å². The van der Waals surface area contributed by atoms with Crippen molar-refractivity contribution in [2.24, 2.45) is 5.92 Å². The number of amides is 1. The first-order valence-corrected chi connectivity index (χ1v) is 5.64. The zero-order valence-electron chi connectivity index (χ0n) is 9.65. The number of aliphatic carboxylic acids is 1. The minimum Gasteiger partial charge on any atom is -0.481 e. The summed E-state index contributed by atoms with van der Waals surface area (Å²) in [6, 6.07) is 0. The van der Waals surface area contributed by atoms with E-state index in [1.54, 1.807) is 12.0 Å². The highest BCUT2D eigenvalue weighted by molar-refractivity contribution is 5.81. The molecule has 0 aromatic carbocycles. The Hall–Kier alpha value is -1.10. The summed E-state index contributed by atoms with van der Waals surface area (Å²) in [5.41, 5.74) is 0. The average molecular weight is 229 g/mol. The van der Waals surface area contributed by atoms with Crippen LogP contribution in [0.4, 0.5) is 0 Å². The van der Waals surface area contributed by atoms with E-state index in [9.17, 15) is 9.59 Å². The van der Waals surface area contributed by atoms with Gasteiger partial charge in [-0.15, -0.1) is 0 Å². The van der Waals surface area contributed by atoms with Crippen molar-refractivity contribution in [1.29, 1.82) is 0 Å². The number of hydrogen-bond donors (Lipinski definition) is 1. The number of methoxy groups -OCH3 is 1. The summed E-state index contributed by atoms with van der Waals surface area (Å²) in [4.78, 5) is 23.9. The molecule has 1 amide bonds.